The lowest BCUT2D eigenvalue weighted by molar-refractivity contribution is 0.127. The minimum Gasteiger partial charge on any atom is -0.445 e. The summed E-state index contributed by atoms with van der Waals surface area (Å²) in [6, 6.07) is 10.6. The molecule has 1 aromatic carbocycles. The van der Waals surface area contributed by atoms with Crippen LogP contribution >= 0.6 is 0 Å². The van der Waals surface area contributed by atoms with Crippen molar-refractivity contribution in [1.29, 1.82) is 0 Å². The number of carbonyl (C=O) groups is 1. The van der Waals surface area contributed by atoms with E-state index in [9.17, 15) is 14.4 Å². The normalized spacial score (nSPS) is 11.0. The van der Waals surface area contributed by atoms with Gasteiger partial charge in [0.1, 0.15) is 6.61 Å². The molecule has 2 rings (SSSR count). The van der Waals surface area contributed by atoms with Crippen molar-refractivity contribution in [2.75, 3.05) is 0 Å². The van der Waals surface area contributed by atoms with Crippen LogP contribution in [0.3, 0.4) is 0 Å². The van der Waals surface area contributed by atoms with E-state index in [0.29, 0.717) is 0 Å². The topological polar surface area (TPSA) is 93.2 Å². The van der Waals surface area contributed by atoms with E-state index in [4.69, 9.17) is 4.74 Å². The summed E-state index contributed by atoms with van der Waals surface area (Å²) in [6.45, 7) is 3.88. The number of nitrogens with one attached hydrogen (secondary N) is 2. The number of alkyl carbamates (subject to hydrolysis) is 1. The number of hydrogen-bond donors (Lipinski definition) is 2. The lowest BCUT2D eigenvalue weighted by Gasteiger charge is -2.26. The molecule has 2 N–H and O–H groups in total. The molecule has 7 nitrogen and oxygen atoms in total. The molecule has 2 aromatic rings. The molecule has 0 aliphatic carbocycles. The minimum atomic E-state index is -0.726. The molecule has 0 aliphatic rings. The molecule has 0 fully saturated rings. The van der Waals surface area contributed by atoms with Crippen LogP contribution < -0.4 is 16.6 Å². The Labute approximate surface area is 132 Å². The predicted molar refractivity (Wildman–Crippen MR) is 85.2 cm³/mol. The molecule has 0 radical (unpaired) electrons. The van der Waals surface area contributed by atoms with Crippen LogP contribution in [-0.2, 0) is 17.9 Å². The summed E-state index contributed by atoms with van der Waals surface area (Å²) in [7, 11) is 0. The van der Waals surface area contributed by atoms with Gasteiger partial charge in [-0.2, -0.15) is 0 Å². The van der Waals surface area contributed by atoms with Gasteiger partial charge in [0, 0.05) is 18.8 Å². The van der Waals surface area contributed by atoms with Gasteiger partial charge < -0.3 is 10.1 Å². The van der Waals surface area contributed by atoms with Crippen molar-refractivity contribution in [2.24, 2.45) is 0 Å². The van der Waals surface area contributed by atoms with Gasteiger partial charge in [0.2, 0.25) is 0 Å². The Bertz CT molecular complexity index is 778. The van der Waals surface area contributed by atoms with Gasteiger partial charge in [0.15, 0.2) is 0 Å². The van der Waals surface area contributed by atoms with Crippen LogP contribution in [-0.4, -0.2) is 21.2 Å². The van der Waals surface area contributed by atoms with Gasteiger partial charge in [0.25, 0.3) is 5.56 Å². The highest BCUT2D eigenvalue weighted by Crippen LogP contribution is 2.06. The zero-order valence-electron chi connectivity index (χ0n) is 13.0. The first-order valence-corrected chi connectivity index (χ1v) is 7.14. The van der Waals surface area contributed by atoms with Gasteiger partial charge in [-0.1, -0.05) is 30.3 Å². The monoisotopic (exact) mass is 317 g/mol. The van der Waals surface area contributed by atoms with Crippen LogP contribution in [0.15, 0.2) is 52.2 Å². The zero-order valence-corrected chi connectivity index (χ0v) is 13.0. The third-order valence-electron chi connectivity index (χ3n) is 3.12. The van der Waals surface area contributed by atoms with Crippen molar-refractivity contribution in [3.63, 3.8) is 0 Å². The first-order chi connectivity index (χ1) is 10.9. The molecular weight excluding hydrogens is 298 g/mol. The quantitative estimate of drug-likeness (QED) is 0.867. The fourth-order valence-corrected chi connectivity index (χ4v) is 2.07. The number of hydrogen-bond acceptors (Lipinski definition) is 4. The zero-order chi connectivity index (χ0) is 16.9. The molecule has 0 saturated heterocycles. The first-order valence-electron chi connectivity index (χ1n) is 7.14. The van der Waals surface area contributed by atoms with E-state index in [0.717, 1.165) is 5.56 Å². The Hall–Kier alpha value is -2.83. The van der Waals surface area contributed by atoms with Crippen LogP contribution in [0.1, 0.15) is 19.4 Å². The van der Waals surface area contributed by atoms with E-state index in [1.807, 2.05) is 30.3 Å². The molecule has 0 unspecified atom stereocenters. The fraction of sp³-hybridized carbons (Fsp3) is 0.312. The lowest BCUT2D eigenvalue weighted by atomic mass is 10.1. The fourth-order valence-electron chi connectivity index (χ4n) is 2.07. The number of nitrogens with zero attached hydrogens (tertiary/aromatic N) is 1. The summed E-state index contributed by atoms with van der Waals surface area (Å²) < 4.78 is 6.47. The second-order valence-electron chi connectivity index (χ2n) is 5.81. The highest BCUT2D eigenvalue weighted by molar-refractivity contribution is 5.68. The number of aromatic amines is 1. The van der Waals surface area contributed by atoms with E-state index in [-0.39, 0.29) is 13.2 Å². The Morgan fingerprint density at radius 1 is 1.22 bits per heavy atom. The van der Waals surface area contributed by atoms with Crippen molar-refractivity contribution in [1.82, 2.24) is 14.9 Å². The molecule has 0 bridgehead atoms. The lowest BCUT2D eigenvalue weighted by Crippen LogP contribution is -2.48. The van der Waals surface area contributed by atoms with Gasteiger partial charge >= 0.3 is 11.8 Å². The van der Waals surface area contributed by atoms with Crippen molar-refractivity contribution in [3.8, 4) is 0 Å². The maximum Gasteiger partial charge on any atom is 0.407 e. The summed E-state index contributed by atoms with van der Waals surface area (Å²) in [5.74, 6) is 0. The Balaban J connectivity index is 1.93. The number of aromatic nitrogens is 2. The summed E-state index contributed by atoms with van der Waals surface area (Å²) in [5, 5.41) is 2.70. The van der Waals surface area contributed by atoms with E-state index in [1.165, 1.54) is 16.8 Å². The van der Waals surface area contributed by atoms with Crippen LogP contribution in [0, 0.1) is 0 Å². The molecule has 0 atom stereocenters. The molecule has 122 valence electrons. The molecule has 1 aromatic heterocycles. The molecule has 23 heavy (non-hydrogen) atoms. The maximum atomic E-state index is 11.9. The van der Waals surface area contributed by atoms with Crippen LogP contribution in [0.2, 0.25) is 0 Å². The van der Waals surface area contributed by atoms with Crippen LogP contribution in [0.4, 0.5) is 4.79 Å². The number of rotatable bonds is 5. The van der Waals surface area contributed by atoms with Crippen molar-refractivity contribution >= 4 is 6.09 Å². The molecular formula is C16H19N3O4. The van der Waals surface area contributed by atoms with Crippen molar-refractivity contribution in [3.05, 3.63) is 69.0 Å². The smallest absolute Gasteiger partial charge is 0.407 e. The number of benzene rings is 1. The predicted octanol–water partition coefficient (Wildman–Crippen LogP) is 1.24. The summed E-state index contributed by atoms with van der Waals surface area (Å²) in [6.07, 6.45) is 0.816. The third-order valence-corrected chi connectivity index (χ3v) is 3.12. The number of ether oxygens (including phenoxy) is 1. The Kier molecular flexibility index (Phi) is 5.00. The minimum absolute atomic E-state index is 0.168. The van der Waals surface area contributed by atoms with Crippen LogP contribution in [0.5, 0.6) is 0 Å². The SMILES string of the molecule is CC(C)(Cn1ccc(=O)[nH]c1=O)NC(=O)OCc1ccccc1. The largest absolute Gasteiger partial charge is 0.445 e. The first kappa shape index (κ1) is 16.5. The van der Waals surface area contributed by atoms with E-state index in [2.05, 4.69) is 10.3 Å². The maximum absolute atomic E-state index is 11.9. The average molecular weight is 317 g/mol. The number of carbonyl (C=O) groups excluding carboxylic acids is 1. The van der Waals surface area contributed by atoms with Crippen LogP contribution in [0.25, 0.3) is 0 Å². The van der Waals surface area contributed by atoms with Gasteiger partial charge in [-0.25, -0.2) is 9.59 Å². The van der Waals surface area contributed by atoms with Gasteiger partial charge in [0.05, 0.1) is 5.54 Å². The summed E-state index contributed by atoms with van der Waals surface area (Å²) in [5.41, 5.74) is -0.822. The standard InChI is InChI=1S/C16H19N3O4/c1-16(2,11-19-9-8-13(20)17-14(19)21)18-15(22)23-10-12-6-4-3-5-7-12/h3-9H,10-11H2,1-2H3,(H,18,22)(H,17,20,21). The molecule has 1 heterocycles. The van der Waals surface area contributed by atoms with Crippen molar-refractivity contribution < 1.29 is 9.53 Å². The Morgan fingerprint density at radius 3 is 2.57 bits per heavy atom. The van der Waals surface area contributed by atoms with Crippen molar-refractivity contribution in [2.45, 2.75) is 32.5 Å². The second kappa shape index (κ2) is 6.95. The van der Waals surface area contributed by atoms with Gasteiger partial charge in [-0.05, 0) is 19.4 Å². The molecule has 0 aliphatic heterocycles. The number of H-pyrrole nitrogens is 1. The van der Waals surface area contributed by atoms with Gasteiger partial charge in [-0.3, -0.25) is 14.3 Å². The van der Waals surface area contributed by atoms with E-state index in [1.54, 1.807) is 13.8 Å². The highest BCUT2D eigenvalue weighted by Gasteiger charge is 2.22. The molecule has 1 amide bonds. The average Bonchev–Trinajstić information content (AvgIpc) is 2.49. The summed E-state index contributed by atoms with van der Waals surface area (Å²) >= 11 is 0. The number of amides is 1. The Morgan fingerprint density at radius 2 is 1.91 bits per heavy atom. The summed E-state index contributed by atoms with van der Waals surface area (Å²) in [4.78, 5) is 36.8. The van der Waals surface area contributed by atoms with E-state index >= 15 is 0 Å². The molecule has 0 spiro atoms. The molecule has 7 heteroatoms. The third kappa shape index (κ3) is 5.14. The second-order valence-corrected chi connectivity index (χ2v) is 5.81. The molecule has 0 saturated carbocycles. The van der Waals surface area contributed by atoms with Gasteiger partial charge in [-0.15, -0.1) is 0 Å². The highest BCUT2D eigenvalue weighted by atomic mass is 16.5. The van der Waals surface area contributed by atoms with E-state index < -0.39 is 22.9 Å².